The molecule has 0 radical (unpaired) electrons. The first-order valence-corrected chi connectivity index (χ1v) is 3.14. The molecule has 0 aliphatic rings. The van der Waals surface area contributed by atoms with Crippen molar-refractivity contribution < 1.29 is 48.9 Å². The molecule has 0 spiro atoms. The quantitative estimate of drug-likeness (QED) is 0.298. The Bertz CT molecular complexity index is 111. The van der Waals surface area contributed by atoms with Crippen LogP contribution in [0.1, 0.15) is 6.92 Å². The summed E-state index contributed by atoms with van der Waals surface area (Å²) in [5, 5.41) is 9.65. The van der Waals surface area contributed by atoms with Crippen molar-refractivity contribution in [1.29, 1.82) is 0 Å². The van der Waals surface area contributed by atoms with E-state index in [1.165, 1.54) is 0 Å². The van der Waals surface area contributed by atoms with Gasteiger partial charge in [-0.3, -0.25) is 0 Å². The molecule has 0 aromatic rings. The molecule has 0 bridgehead atoms. The van der Waals surface area contributed by atoms with Gasteiger partial charge in [-0.25, -0.2) is 0 Å². The third-order valence-electron chi connectivity index (χ3n) is 0.657. The van der Waals surface area contributed by atoms with E-state index < -0.39 is 19.7 Å². The number of hydrogen-bond donors (Lipinski definition) is 0. The number of carboxylic acids is 1. The van der Waals surface area contributed by atoms with Gasteiger partial charge in [0.05, 0.1) is 5.97 Å². The number of rotatable bonds is 2. The molecule has 0 aliphatic carbocycles. The molecule has 46 valence electrons. The van der Waals surface area contributed by atoms with Crippen LogP contribution in [-0.2, 0) is 9.36 Å². The number of aliphatic carboxylic acids is 1. The largest absolute Gasteiger partial charge is 1.00 e. The van der Waals surface area contributed by atoms with Crippen molar-refractivity contribution in [3.8, 4) is 0 Å². The second-order valence-electron chi connectivity index (χ2n) is 1.28. The minimum Gasteiger partial charge on any atom is -0.595 e. The van der Waals surface area contributed by atoms with Gasteiger partial charge in [-0.15, -0.1) is 0 Å². The van der Waals surface area contributed by atoms with Crippen molar-refractivity contribution in [3.63, 3.8) is 0 Å². The van der Waals surface area contributed by atoms with Gasteiger partial charge in [0.15, 0.2) is 5.66 Å². The first kappa shape index (κ1) is 12.2. The van der Waals surface area contributed by atoms with E-state index in [4.69, 9.17) is 0 Å². The summed E-state index contributed by atoms with van der Waals surface area (Å²) in [5.74, 6) is -1.55. The Kier molecular flexibility index (Phi) is 7.24. The summed E-state index contributed by atoms with van der Waals surface area (Å²) < 4.78 is 9.76. The fourth-order valence-electron chi connectivity index (χ4n) is 0.0861. The van der Waals surface area contributed by atoms with E-state index in [2.05, 4.69) is 0 Å². The van der Waals surface area contributed by atoms with E-state index in [9.17, 15) is 19.4 Å². The molecule has 0 rings (SSSR count). The Balaban J connectivity index is 0. The van der Waals surface area contributed by atoms with Crippen molar-refractivity contribution in [3.05, 3.63) is 0 Å². The van der Waals surface area contributed by atoms with Gasteiger partial charge in [0.25, 0.3) is 0 Å². The number of carbonyl (C=O) groups is 1. The van der Waals surface area contributed by atoms with Crippen molar-refractivity contribution >= 4 is 14.0 Å². The summed E-state index contributed by atoms with van der Waals surface area (Å²) in [4.78, 5) is 19.4. The van der Waals surface area contributed by atoms with E-state index in [-0.39, 0.29) is 29.6 Å². The molecular formula is C3H4NaO4P. The Morgan fingerprint density at radius 1 is 1.67 bits per heavy atom. The predicted octanol–water partition coefficient (Wildman–Crippen LogP) is -4.77. The number of carboxylic acid groups (broad SMARTS) is 1. The van der Waals surface area contributed by atoms with Crippen LogP contribution in [0.5, 0.6) is 0 Å². The van der Waals surface area contributed by atoms with Gasteiger partial charge in [0.1, 0.15) is 0 Å². The molecule has 6 heteroatoms. The molecule has 0 heterocycles. The van der Waals surface area contributed by atoms with E-state index >= 15 is 0 Å². The van der Waals surface area contributed by atoms with E-state index in [1.54, 1.807) is 0 Å². The summed E-state index contributed by atoms with van der Waals surface area (Å²) in [7, 11) is -2.86. The van der Waals surface area contributed by atoms with E-state index in [0.717, 1.165) is 6.92 Å². The normalized spacial score (nSPS) is 13.3. The van der Waals surface area contributed by atoms with Crippen LogP contribution in [0.15, 0.2) is 0 Å². The van der Waals surface area contributed by atoms with Crippen LogP contribution in [0.4, 0.5) is 0 Å². The zero-order chi connectivity index (χ0) is 6.73. The Labute approximate surface area is 75.4 Å². The number of carbonyl (C=O) groups excluding carboxylic acids is 1. The molecule has 0 N–H and O–H groups in total. The van der Waals surface area contributed by atoms with Crippen LogP contribution in [0, 0.1) is 0 Å². The van der Waals surface area contributed by atoms with Gasteiger partial charge in [-0.05, 0) is 6.92 Å². The molecule has 0 aromatic heterocycles. The summed E-state index contributed by atoms with van der Waals surface area (Å²) in [6.07, 6.45) is 0. The maximum absolute atomic E-state index is 9.76. The van der Waals surface area contributed by atoms with Crippen LogP contribution >= 0.6 is 8.03 Å². The maximum Gasteiger partial charge on any atom is 1.00 e. The van der Waals surface area contributed by atoms with Gasteiger partial charge in [-0.1, -0.05) is 4.57 Å². The first-order chi connectivity index (χ1) is 3.55. The maximum atomic E-state index is 9.76. The molecule has 2 unspecified atom stereocenters. The van der Waals surface area contributed by atoms with Crippen molar-refractivity contribution in [2.24, 2.45) is 0 Å². The molecule has 9 heavy (non-hydrogen) atoms. The van der Waals surface area contributed by atoms with Crippen LogP contribution in [0.3, 0.4) is 0 Å². The molecule has 0 saturated heterocycles. The summed E-state index contributed by atoms with van der Waals surface area (Å²) in [6.45, 7) is 1.06. The van der Waals surface area contributed by atoms with Gasteiger partial charge >= 0.3 is 37.6 Å². The van der Waals surface area contributed by atoms with Crippen LogP contribution in [-0.4, -0.2) is 11.6 Å². The summed E-state index contributed by atoms with van der Waals surface area (Å²) in [6, 6.07) is 0. The Morgan fingerprint density at radius 3 is 2.00 bits per heavy atom. The zero-order valence-corrected chi connectivity index (χ0v) is 8.05. The second-order valence-corrected chi connectivity index (χ2v) is 2.63. The fraction of sp³-hybridized carbons (Fsp3) is 0.667. The monoisotopic (exact) mass is 158 g/mol. The van der Waals surface area contributed by atoms with Crippen LogP contribution in [0.2, 0.25) is 0 Å². The standard InChI is InChI=1S/C3H5O4P.Na/c1-2(3(4)5)8(6)7;/h2H,1H3,(H,4,5);/q;+1/p-1. The first-order valence-electron chi connectivity index (χ1n) is 1.90. The molecular weight excluding hydrogens is 154 g/mol. The average Bonchev–Trinajstić information content (AvgIpc) is 1.64. The molecule has 0 amide bonds. The Hall–Kier alpha value is 0.530. The average molecular weight is 158 g/mol. The van der Waals surface area contributed by atoms with Crippen molar-refractivity contribution in [2.75, 3.05) is 0 Å². The smallest absolute Gasteiger partial charge is 0.595 e. The van der Waals surface area contributed by atoms with E-state index in [0.29, 0.717) is 0 Å². The third kappa shape index (κ3) is 5.00. The van der Waals surface area contributed by atoms with Gasteiger partial charge in [-0.2, -0.15) is 0 Å². The minimum absolute atomic E-state index is 0. The molecule has 4 nitrogen and oxygen atoms in total. The zero-order valence-electron chi connectivity index (χ0n) is 5.16. The molecule has 0 saturated carbocycles. The molecule has 2 atom stereocenters. The summed E-state index contributed by atoms with van der Waals surface area (Å²) in [5.41, 5.74) is -1.37. The van der Waals surface area contributed by atoms with Gasteiger partial charge < -0.3 is 14.8 Å². The Morgan fingerprint density at radius 2 is 2.00 bits per heavy atom. The van der Waals surface area contributed by atoms with Crippen LogP contribution < -0.4 is 39.6 Å². The predicted molar refractivity (Wildman–Crippen MR) is 22.1 cm³/mol. The second kappa shape index (κ2) is 5.33. The minimum atomic E-state index is -2.86. The van der Waals surface area contributed by atoms with Gasteiger partial charge in [0, 0.05) is 0 Å². The van der Waals surface area contributed by atoms with Crippen LogP contribution in [0.25, 0.3) is 0 Å². The molecule has 0 aliphatic heterocycles. The third-order valence-corrected chi connectivity index (χ3v) is 1.50. The van der Waals surface area contributed by atoms with Crippen molar-refractivity contribution in [2.45, 2.75) is 12.6 Å². The van der Waals surface area contributed by atoms with Crippen molar-refractivity contribution in [1.82, 2.24) is 0 Å². The molecule has 0 aromatic carbocycles. The summed E-state index contributed by atoms with van der Waals surface area (Å²) >= 11 is 0. The SMILES string of the molecule is CC(C(=O)[O-])[P+](=O)[O-].[Na+]. The fourth-order valence-corrected chi connectivity index (χ4v) is 0.258. The molecule has 0 fully saturated rings. The van der Waals surface area contributed by atoms with Gasteiger partial charge in [0.2, 0.25) is 0 Å². The number of hydrogen-bond acceptors (Lipinski definition) is 4. The topological polar surface area (TPSA) is 80.3 Å². The van der Waals surface area contributed by atoms with E-state index in [1.807, 2.05) is 0 Å².